The van der Waals surface area contributed by atoms with Crippen LogP contribution < -0.4 is 5.32 Å². The summed E-state index contributed by atoms with van der Waals surface area (Å²) in [6, 6.07) is 15.7. The van der Waals surface area contributed by atoms with Crippen LogP contribution in [0.2, 0.25) is 5.02 Å². The molecule has 31 heavy (non-hydrogen) atoms. The van der Waals surface area contributed by atoms with Crippen molar-refractivity contribution in [2.24, 2.45) is 0 Å². The lowest BCUT2D eigenvalue weighted by Crippen LogP contribution is -2.15. The molecule has 3 aromatic rings. The van der Waals surface area contributed by atoms with Crippen molar-refractivity contribution in [3.05, 3.63) is 87.7 Å². The zero-order valence-corrected chi connectivity index (χ0v) is 19.3. The second-order valence-corrected chi connectivity index (χ2v) is 8.31. The Morgan fingerprint density at radius 2 is 1.84 bits per heavy atom. The molecule has 0 bridgehead atoms. The minimum atomic E-state index is -0.168. The van der Waals surface area contributed by atoms with Crippen LogP contribution in [-0.2, 0) is 17.8 Å². The zero-order chi connectivity index (χ0) is 22.4. The van der Waals surface area contributed by atoms with Gasteiger partial charge in [-0.05, 0) is 69.8 Å². The zero-order valence-electron chi connectivity index (χ0n) is 18.5. The number of anilines is 1. The van der Waals surface area contributed by atoms with Crippen molar-refractivity contribution in [2.45, 2.75) is 26.8 Å². The normalized spacial score (nSPS) is 11.4. The van der Waals surface area contributed by atoms with E-state index in [0.29, 0.717) is 6.54 Å². The van der Waals surface area contributed by atoms with Gasteiger partial charge in [0.25, 0.3) is 0 Å². The van der Waals surface area contributed by atoms with Gasteiger partial charge in [0.15, 0.2) is 0 Å². The molecule has 3 rings (SSSR count). The summed E-state index contributed by atoms with van der Waals surface area (Å²) in [4.78, 5) is 14.6. The first-order chi connectivity index (χ1) is 14.8. The third-order valence-corrected chi connectivity index (χ3v) is 5.55. The molecule has 1 amide bonds. The SMILES string of the molecule is Cc1nn(Cc2ccccc2Cl)c(C)c1/C=C/C(=O)Nc1ccc(CCN(C)C)cc1. The number of carbonyl (C=O) groups is 1. The van der Waals surface area contributed by atoms with Gasteiger partial charge in [0, 0.05) is 34.6 Å². The molecule has 0 unspecified atom stereocenters. The van der Waals surface area contributed by atoms with Crippen molar-refractivity contribution >= 4 is 29.3 Å². The molecular weight excluding hydrogens is 408 g/mol. The number of amides is 1. The summed E-state index contributed by atoms with van der Waals surface area (Å²) in [6.45, 7) is 5.53. The van der Waals surface area contributed by atoms with E-state index in [1.807, 2.05) is 61.0 Å². The van der Waals surface area contributed by atoms with Crippen molar-refractivity contribution in [1.29, 1.82) is 0 Å². The lowest BCUT2D eigenvalue weighted by Gasteiger charge is -2.09. The standard InChI is InChI=1S/C25H29ClN4O/c1-18-23(19(2)30(28-18)17-21-7-5-6-8-24(21)26)13-14-25(31)27-22-11-9-20(10-12-22)15-16-29(3)4/h5-14H,15-17H2,1-4H3,(H,27,31)/b14-13+. The summed E-state index contributed by atoms with van der Waals surface area (Å²) in [6.07, 6.45) is 4.36. The molecule has 0 aliphatic rings. The minimum absolute atomic E-state index is 0.168. The highest BCUT2D eigenvalue weighted by Gasteiger charge is 2.11. The van der Waals surface area contributed by atoms with Crippen molar-refractivity contribution in [2.75, 3.05) is 26.0 Å². The Balaban J connectivity index is 1.64. The van der Waals surface area contributed by atoms with Crippen LogP contribution in [0, 0.1) is 13.8 Å². The van der Waals surface area contributed by atoms with E-state index in [9.17, 15) is 4.79 Å². The maximum absolute atomic E-state index is 12.4. The number of aromatic nitrogens is 2. The Labute approximate surface area is 189 Å². The molecule has 0 aliphatic heterocycles. The van der Waals surface area contributed by atoms with Crippen LogP contribution >= 0.6 is 11.6 Å². The molecule has 1 N–H and O–H groups in total. The number of benzene rings is 2. The van der Waals surface area contributed by atoms with Crippen LogP contribution in [0.3, 0.4) is 0 Å². The summed E-state index contributed by atoms with van der Waals surface area (Å²) >= 11 is 6.28. The number of rotatable bonds is 8. The Bertz CT molecular complexity index is 1070. The molecule has 0 radical (unpaired) electrons. The Morgan fingerprint density at radius 3 is 2.52 bits per heavy atom. The first-order valence-corrected chi connectivity index (χ1v) is 10.7. The van der Waals surface area contributed by atoms with Crippen molar-refractivity contribution in [1.82, 2.24) is 14.7 Å². The number of nitrogens with zero attached hydrogens (tertiary/aromatic N) is 3. The number of carbonyl (C=O) groups excluding carboxylic acids is 1. The number of nitrogens with one attached hydrogen (secondary N) is 1. The lowest BCUT2D eigenvalue weighted by atomic mass is 10.1. The predicted molar refractivity (Wildman–Crippen MR) is 129 cm³/mol. The van der Waals surface area contributed by atoms with E-state index >= 15 is 0 Å². The number of aryl methyl sites for hydroxylation is 1. The summed E-state index contributed by atoms with van der Waals surface area (Å²) in [5, 5.41) is 8.26. The van der Waals surface area contributed by atoms with E-state index in [2.05, 4.69) is 41.5 Å². The Kier molecular flexibility index (Phi) is 7.66. The van der Waals surface area contributed by atoms with Gasteiger partial charge < -0.3 is 10.2 Å². The molecule has 0 aliphatic carbocycles. The van der Waals surface area contributed by atoms with Gasteiger partial charge in [-0.15, -0.1) is 0 Å². The molecule has 0 fully saturated rings. The van der Waals surface area contributed by atoms with Gasteiger partial charge in [-0.1, -0.05) is 41.9 Å². The average molecular weight is 437 g/mol. The van der Waals surface area contributed by atoms with Crippen LogP contribution in [0.1, 0.15) is 28.1 Å². The first-order valence-electron chi connectivity index (χ1n) is 10.3. The summed E-state index contributed by atoms with van der Waals surface area (Å²) in [5.74, 6) is -0.168. The maximum atomic E-state index is 12.4. The third-order valence-electron chi connectivity index (χ3n) is 5.19. The molecule has 2 aromatic carbocycles. The van der Waals surface area contributed by atoms with E-state index in [0.717, 1.165) is 46.2 Å². The van der Waals surface area contributed by atoms with E-state index < -0.39 is 0 Å². The highest BCUT2D eigenvalue weighted by Crippen LogP contribution is 2.20. The van der Waals surface area contributed by atoms with Crippen LogP contribution in [-0.4, -0.2) is 41.2 Å². The van der Waals surface area contributed by atoms with Crippen LogP contribution in [0.5, 0.6) is 0 Å². The monoisotopic (exact) mass is 436 g/mol. The van der Waals surface area contributed by atoms with Gasteiger partial charge in [0.05, 0.1) is 12.2 Å². The quantitative estimate of drug-likeness (QED) is 0.508. The predicted octanol–water partition coefficient (Wildman–Crippen LogP) is 4.96. The molecule has 6 heteroatoms. The summed E-state index contributed by atoms with van der Waals surface area (Å²) in [5.41, 5.74) is 5.86. The third kappa shape index (κ3) is 6.29. The van der Waals surface area contributed by atoms with E-state index in [-0.39, 0.29) is 5.91 Å². The fourth-order valence-electron chi connectivity index (χ4n) is 3.34. The van der Waals surface area contributed by atoms with Crippen molar-refractivity contribution in [3.63, 3.8) is 0 Å². The van der Waals surface area contributed by atoms with Crippen LogP contribution in [0.4, 0.5) is 5.69 Å². The molecule has 5 nitrogen and oxygen atoms in total. The van der Waals surface area contributed by atoms with Gasteiger partial charge in [0.1, 0.15) is 0 Å². The smallest absolute Gasteiger partial charge is 0.248 e. The van der Waals surface area contributed by atoms with E-state index in [1.165, 1.54) is 5.56 Å². The van der Waals surface area contributed by atoms with Gasteiger partial charge in [-0.2, -0.15) is 5.10 Å². The average Bonchev–Trinajstić information content (AvgIpc) is 3.00. The molecule has 0 atom stereocenters. The summed E-state index contributed by atoms with van der Waals surface area (Å²) in [7, 11) is 4.12. The molecule has 0 spiro atoms. The molecular formula is C25H29ClN4O. The van der Waals surface area contributed by atoms with Gasteiger partial charge in [-0.3, -0.25) is 9.48 Å². The number of likely N-dealkylation sites (N-methyl/N-ethyl adjacent to an activating group) is 1. The van der Waals surface area contributed by atoms with Crippen molar-refractivity contribution in [3.8, 4) is 0 Å². The molecule has 162 valence electrons. The van der Waals surface area contributed by atoms with Gasteiger partial charge in [-0.25, -0.2) is 0 Å². The van der Waals surface area contributed by atoms with Gasteiger partial charge >= 0.3 is 0 Å². The Morgan fingerprint density at radius 1 is 1.13 bits per heavy atom. The number of halogens is 1. The fraction of sp³-hybridized carbons (Fsp3) is 0.280. The molecule has 0 saturated carbocycles. The highest BCUT2D eigenvalue weighted by atomic mass is 35.5. The number of hydrogen-bond acceptors (Lipinski definition) is 3. The second kappa shape index (κ2) is 10.4. The van der Waals surface area contributed by atoms with Crippen LogP contribution in [0.15, 0.2) is 54.6 Å². The first kappa shape index (κ1) is 22.8. The van der Waals surface area contributed by atoms with Crippen molar-refractivity contribution < 1.29 is 4.79 Å². The molecule has 1 heterocycles. The minimum Gasteiger partial charge on any atom is -0.323 e. The molecule has 0 saturated heterocycles. The van der Waals surface area contributed by atoms with Crippen LogP contribution in [0.25, 0.3) is 6.08 Å². The highest BCUT2D eigenvalue weighted by molar-refractivity contribution is 6.31. The Hall–Kier alpha value is -2.89. The molecule has 1 aromatic heterocycles. The van der Waals surface area contributed by atoms with Gasteiger partial charge in [0.2, 0.25) is 5.91 Å². The fourth-order valence-corrected chi connectivity index (χ4v) is 3.54. The summed E-state index contributed by atoms with van der Waals surface area (Å²) < 4.78 is 1.92. The lowest BCUT2D eigenvalue weighted by molar-refractivity contribution is -0.111. The second-order valence-electron chi connectivity index (χ2n) is 7.91. The largest absolute Gasteiger partial charge is 0.323 e. The maximum Gasteiger partial charge on any atom is 0.248 e. The van der Waals surface area contributed by atoms with E-state index in [1.54, 1.807) is 6.08 Å². The van der Waals surface area contributed by atoms with E-state index in [4.69, 9.17) is 11.6 Å². The topological polar surface area (TPSA) is 50.2 Å². The number of hydrogen-bond donors (Lipinski definition) is 1.